The number of anilines is 1. The highest BCUT2D eigenvalue weighted by Gasteiger charge is 2.25. The minimum atomic E-state index is 0.199. The Hall–Kier alpha value is -2.17. The number of fused-ring (bicyclic) bond motifs is 1. The molecular formula is C10H9N3O2. The minimum Gasteiger partial charge on any atom is -0.448 e. The van der Waals surface area contributed by atoms with Crippen molar-refractivity contribution in [2.75, 3.05) is 12.5 Å². The Labute approximate surface area is 86.0 Å². The largest absolute Gasteiger partial charge is 0.448 e. The summed E-state index contributed by atoms with van der Waals surface area (Å²) in [6.45, 7) is 0.199. The summed E-state index contributed by atoms with van der Waals surface area (Å²) >= 11 is 0. The summed E-state index contributed by atoms with van der Waals surface area (Å²) in [6.07, 6.45) is 0. The molecular weight excluding hydrogens is 194 g/mol. The van der Waals surface area contributed by atoms with E-state index in [1.807, 2.05) is 30.3 Å². The van der Waals surface area contributed by atoms with Crippen LogP contribution < -0.4 is 15.2 Å². The first-order valence-corrected chi connectivity index (χ1v) is 4.56. The normalized spacial score (nSPS) is 13.1. The fourth-order valence-electron chi connectivity index (χ4n) is 1.56. The molecule has 0 atom stereocenters. The van der Waals surface area contributed by atoms with Crippen LogP contribution in [-0.4, -0.2) is 16.6 Å². The number of benzene rings is 1. The Morgan fingerprint density at radius 2 is 2.00 bits per heavy atom. The van der Waals surface area contributed by atoms with E-state index >= 15 is 0 Å². The van der Waals surface area contributed by atoms with Crippen molar-refractivity contribution in [1.82, 2.24) is 9.78 Å². The predicted octanol–water partition coefficient (Wildman–Crippen LogP) is 1.18. The Kier molecular flexibility index (Phi) is 1.58. The Morgan fingerprint density at radius 3 is 2.80 bits per heavy atom. The van der Waals surface area contributed by atoms with Crippen LogP contribution in [-0.2, 0) is 0 Å². The lowest BCUT2D eigenvalue weighted by Crippen LogP contribution is -2.04. The van der Waals surface area contributed by atoms with E-state index in [-0.39, 0.29) is 6.79 Å². The first kappa shape index (κ1) is 8.16. The summed E-state index contributed by atoms with van der Waals surface area (Å²) < 4.78 is 12.1. The number of nitrogens with zero attached hydrogens (tertiary/aromatic N) is 2. The molecule has 2 heterocycles. The van der Waals surface area contributed by atoms with Gasteiger partial charge in [-0.05, 0) is 12.1 Å². The van der Waals surface area contributed by atoms with Crippen LogP contribution in [0.2, 0.25) is 0 Å². The number of hydrogen-bond donors (Lipinski definition) is 1. The minimum absolute atomic E-state index is 0.199. The Balaban J connectivity index is 2.18. The molecule has 0 unspecified atom stereocenters. The third-order valence-electron chi connectivity index (χ3n) is 2.23. The topological polar surface area (TPSA) is 62.3 Å². The van der Waals surface area contributed by atoms with Gasteiger partial charge in [-0.2, -0.15) is 4.68 Å². The van der Waals surface area contributed by atoms with Gasteiger partial charge in [0, 0.05) is 0 Å². The van der Waals surface area contributed by atoms with Crippen molar-refractivity contribution in [2.45, 2.75) is 0 Å². The lowest BCUT2D eigenvalue weighted by molar-refractivity contribution is 0.166. The van der Waals surface area contributed by atoms with Crippen molar-refractivity contribution < 1.29 is 9.47 Å². The number of hydrogen-bond acceptors (Lipinski definition) is 4. The molecule has 2 N–H and O–H groups in total. The number of ether oxygens (including phenoxy) is 2. The number of aromatic nitrogens is 2. The van der Waals surface area contributed by atoms with Gasteiger partial charge in [0.15, 0.2) is 5.82 Å². The molecule has 0 saturated carbocycles. The summed E-state index contributed by atoms with van der Waals surface area (Å²) in [7, 11) is 0. The standard InChI is InChI=1S/C10H9N3O2/c11-9-8-10(15-6-14-8)13(12-9)7-4-2-1-3-5-7/h1-5H,6H2,(H2,11,12). The van der Waals surface area contributed by atoms with Gasteiger partial charge in [-0.1, -0.05) is 18.2 Å². The van der Waals surface area contributed by atoms with Crippen LogP contribution in [0.5, 0.6) is 11.6 Å². The summed E-state index contributed by atoms with van der Waals surface area (Å²) in [4.78, 5) is 0. The molecule has 0 amide bonds. The molecule has 0 spiro atoms. The maximum Gasteiger partial charge on any atom is 0.265 e. The number of nitrogen functional groups attached to an aromatic ring is 1. The Bertz CT molecular complexity index is 493. The molecule has 0 fully saturated rings. The van der Waals surface area contributed by atoms with Gasteiger partial charge >= 0.3 is 0 Å². The molecule has 0 bridgehead atoms. The molecule has 15 heavy (non-hydrogen) atoms. The van der Waals surface area contributed by atoms with Gasteiger partial charge in [0.2, 0.25) is 12.5 Å². The first-order chi connectivity index (χ1) is 7.36. The van der Waals surface area contributed by atoms with Gasteiger partial charge in [0.25, 0.3) is 5.88 Å². The molecule has 3 rings (SSSR count). The van der Waals surface area contributed by atoms with Crippen molar-refractivity contribution in [3.8, 4) is 17.3 Å². The van der Waals surface area contributed by atoms with E-state index in [4.69, 9.17) is 15.2 Å². The molecule has 5 nitrogen and oxygen atoms in total. The van der Waals surface area contributed by atoms with Crippen molar-refractivity contribution in [3.05, 3.63) is 30.3 Å². The molecule has 0 aliphatic carbocycles. The lowest BCUT2D eigenvalue weighted by Gasteiger charge is -2.02. The van der Waals surface area contributed by atoms with Crippen molar-refractivity contribution in [1.29, 1.82) is 0 Å². The maximum absolute atomic E-state index is 5.69. The first-order valence-electron chi connectivity index (χ1n) is 4.56. The van der Waals surface area contributed by atoms with Gasteiger partial charge < -0.3 is 15.2 Å². The molecule has 2 aromatic rings. The van der Waals surface area contributed by atoms with E-state index in [1.54, 1.807) is 4.68 Å². The smallest absolute Gasteiger partial charge is 0.265 e. The zero-order valence-corrected chi connectivity index (χ0v) is 7.88. The molecule has 0 radical (unpaired) electrons. The summed E-state index contributed by atoms with van der Waals surface area (Å²) in [5.74, 6) is 1.45. The quantitative estimate of drug-likeness (QED) is 0.756. The number of para-hydroxylation sites is 1. The third-order valence-corrected chi connectivity index (χ3v) is 2.23. The number of nitrogens with two attached hydrogens (primary N) is 1. The summed E-state index contributed by atoms with van der Waals surface area (Å²) in [6, 6.07) is 9.64. The van der Waals surface area contributed by atoms with Gasteiger partial charge in [-0.25, -0.2) is 0 Å². The van der Waals surface area contributed by atoms with Gasteiger partial charge in [-0.15, -0.1) is 5.10 Å². The van der Waals surface area contributed by atoms with E-state index in [0.717, 1.165) is 5.69 Å². The summed E-state index contributed by atoms with van der Waals surface area (Å²) in [5.41, 5.74) is 6.59. The summed E-state index contributed by atoms with van der Waals surface area (Å²) in [5, 5.41) is 4.15. The van der Waals surface area contributed by atoms with E-state index < -0.39 is 0 Å². The molecule has 1 aliphatic heterocycles. The third kappa shape index (κ3) is 1.13. The van der Waals surface area contributed by atoms with Crippen LogP contribution in [0.4, 0.5) is 5.82 Å². The molecule has 1 aliphatic rings. The highest BCUT2D eigenvalue weighted by Crippen LogP contribution is 2.38. The SMILES string of the molecule is Nc1nn(-c2ccccc2)c2c1OCO2. The van der Waals surface area contributed by atoms with Gasteiger partial charge in [0.05, 0.1) is 5.69 Å². The fourth-order valence-corrected chi connectivity index (χ4v) is 1.56. The molecule has 1 aromatic carbocycles. The van der Waals surface area contributed by atoms with Gasteiger partial charge in [-0.3, -0.25) is 0 Å². The van der Waals surface area contributed by atoms with E-state index in [9.17, 15) is 0 Å². The van der Waals surface area contributed by atoms with Crippen molar-refractivity contribution >= 4 is 5.82 Å². The number of rotatable bonds is 1. The highest BCUT2D eigenvalue weighted by atomic mass is 16.7. The molecule has 5 heteroatoms. The molecule has 76 valence electrons. The zero-order valence-electron chi connectivity index (χ0n) is 7.88. The maximum atomic E-state index is 5.69. The molecule has 0 saturated heterocycles. The lowest BCUT2D eigenvalue weighted by atomic mass is 10.3. The van der Waals surface area contributed by atoms with Crippen LogP contribution in [0.15, 0.2) is 30.3 Å². The van der Waals surface area contributed by atoms with Gasteiger partial charge in [0.1, 0.15) is 0 Å². The second kappa shape index (κ2) is 2.91. The highest BCUT2D eigenvalue weighted by molar-refractivity contribution is 5.57. The van der Waals surface area contributed by atoms with Crippen LogP contribution >= 0.6 is 0 Å². The zero-order chi connectivity index (χ0) is 10.3. The molecule has 1 aromatic heterocycles. The monoisotopic (exact) mass is 203 g/mol. The average molecular weight is 203 g/mol. The van der Waals surface area contributed by atoms with Crippen molar-refractivity contribution in [3.63, 3.8) is 0 Å². The fraction of sp³-hybridized carbons (Fsp3) is 0.100. The van der Waals surface area contributed by atoms with Crippen LogP contribution in [0, 0.1) is 0 Å². The average Bonchev–Trinajstić information content (AvgIpc) is 2.84. The van der Waals surface area contributed by atoms with Crippen LogP contribution in [0.1, 0.15) is 0 Å². The predicted molar refractivity (Wildman–Crippen MR) is 54.1 cm³/mol. The van der Waals surface area contributed by atoms with Crippen LogP contribution in [0.25, 0.3) is 5.69 Å². The Morgan fingerprint density at radius 1 is 1.20 bits per heavy atom. The second-order valence-corrected chi connectivity index (χ2v) is 3.17. The van der Waals surface area contributed by atoms with E-state index in [0.29, 0.717) is 17.4 Å². The van der Waals surface area contributed by atoms with Crippen molar-refractivity contribution in [2.24, 2.45) is 0 Å². The van der Waals surface area contributed by atoms with E-state index in [1.165, 1.54) is 0 Å². The second-order valence-electron chi connectivity index (χ2n) is 3.17. The van der Waals surface area contributed by atoms with Crippen LogP contribution in [0.3, 0.4) is 0 Å². The van der Waals surface area contributed by atoms with E-state index in [2.05, 4.69) is 5.10 Å².